The largest absolute Gasteiger partial charge is 0.353 e. The van der Waals surface area contributed by atoms with E-state index in [0.29, 0.717) is 17.7 Å². The number of amides is 2. The summed E-state index contributed by atoms with van der Waals surface area (Å²) >= 11 is 1.43. The lowest BCUT2D eigenvalue weighted by molar-refractivity contribution is -0.126. The summed E-state index contributed by atoms with van der Waals surface area (Å²) in [4.78, 5) is 26.0. The van der Waals surface area contributed by atoms with Crippen LogP contribution < -0.4 is 10.2 Å². The fourth-order valence-electron chi connectivity index (χ4n) is 2.95. The summed E-state index contributed by atoms with van der Waals surface area (Å²) in [6.07, 6.45) is 5.58. The maximum absolute atomic E-state index is 12.3. The molecule has 2 amide bonds. The number of aryl methyl sites for hydroxylation is 1. The number of nitrogens with one attached hydrogen (secondary N) is 1. The Morgan fingerprint density at radius 1 is 1.38 bits per heavy atom. The first kappa shape index (κ1) is 14.4. The SMILES string of the molecule is CCc1nnc(N2CC(C(=O)NC3CCCC3)CC2=O)s1. The quantitative estimate of drug-likeness (QED) is 0.915. The van der Waals surface area contributed by atoms with Crippen LogP contribution in [-0.4, -0.2) is 34.6 Å². The number of hydrogen-bond acceptors (Lipinski definition) is 5. The highest BCUT2D eigenvalue weighted by atomic mass is 32.1. The van der Waals surface area contributed by atoms with Gasteiger partial charge in [0.25, 0.3) is 0 Å². The van der Waals surface area contributed by atoms with E-state index in [1.165, 1.54) is 24.2 Å². The second-order valence-electron chi connectivity index (χ2n) is 5.73. The molecule has 2 heterocycles. The third-order valence-electron chi connectivity index (χ3n) is 4.19. The van der Waals surface area contributed by atoms with Gasteiger partial charge >= 0.3 is 0 Å². The molecule has 114 valence electrons. The van der Waals surface area contributed by atoms with Crippen LogP contribution in [-0.2, 0) is 16.0 Å². The highest BCUT2D eigenvalue weighted by Gasteiger charge is 2.37. The highest BCUT2D eigenvalue weighted by Crippen LogP contribution is 2.28. The van der Waals surface area contributed by atoms with Crippen LogP contribution in [0.25, 0.3) is 0 Å². The number of aromatic nitrogens is 2. The molecule has 1 aliphatic heterocycles. The van der Waals surface area contributed by atoms with Gasteiger partial charge in [-0.15, -0.1) is 10.2 Å². The lowest BCUT2D eigenvalue weighted by atomic mass is 10.1. The Labute approximate surface area is 127 Å². The number of anilines is 1. The molecule has 0 spiro atoms. The Kier molecular flexibility index (Phi) is 4.19. The van der Waals surface area contributed by atoms with Gasteiger partial charge in [-0.05, 0) is 19.3 Å². The maximum Gasteiger partial charge on any atom is 0.229 e. The van der Waals surface area contributed by atoms with Crippen molar-refractivity contribution in [1.82, 2.24) is 15.5 Å². The van der Waals surface area contributed by atoms with E-state index in [-0.39, 0.29) is 24.2 Å². The molecular formula is C14H20N4O2S. The van der Waals surface area contributed by atoms with Crippen molar-refractivity contribution in [3.8, 4) is 0 Å². The number of nitrogens with zero attached hydrogens (tertiary/aromatic N) is 3. The van der Waals surface area contributed by atoms with Crippen LogP contribution in [0.5, 0.6) is 0 Å². The summed E-state index contributed by atoms with van der Waals surface area (Å²) in [7, 11) is 0. The normalized spacial score (nSPS) is 23.0. The first-order valence-corrected chi connectivity index (χ1v) is 8.42. The van der Waals surface area contributed by atoms with Crippen molar-refractivity contribution in [2.24, 2.45) is 5.92 Å². The Hall–Kier alpha value is -1.50. The minimum Gasteiger partial charge on any atom is -0.353 e. The molecule has 0 aromatic carbocycles. The van der Waals surface area contributed by atoms with Gasteiger partial charge in [0.05, 0.1) is 5.92 Å². The topological polar surface area (TPSA) is 75.2 Å². The molecule has 1 aromatic rings. The number of carbonyl (C=O) groups is 2. The van der Waals surface area contributed by atoms with Gasteiger partial charge in [0.2, 0.25) is 16.9 Å². The van der Waals surface area contributed by atoms with Crippen LogP contribution in [0.4, 0.5) is 5.13 Å². The second-order valence-corrected chi connectivity index (χ2v) is 6.77. The van der Waals surface area contributed by atoms with Crippen LogP contribution in [0.2, 0.25) is 0 Å². The van der Waals surface area contributed by atoms with Crippen molar-refractivity contribution < 1.29 is 9.59 Å². The van der Waals surface area contributed by atoms with Crippen LogP contribution >= 0.6 is 11.3 Å². The minimum atomic E-state index is -0.257. The summed E-state index contributed by atoms with van der Waals surface area (Å²) in [6.45, 7) is 2.43. The van der Waals surface area contributed by atoms with E-state index >= 15 is 0 Å². The molecule has 1 aromatic heterocycles. The van der Waals surface area contributed by atoms with Crippen molar-refractivity contribution in [3.05, 3.63) is 5.01 Å². The average molecular weight is 308 g/mol. The van der Waals surface area contributed by atoms with Gasteiger partial charge in [0.1, 0.15) is 5.01 Å². The lowest BCUT2D eigenvalue weighted by Crippen LogP contribution is -2.38. The Morgan fingerprint density at radius 2 is 2.14 bits per heavy atom. The summed E-state index contributed by atoms with van der Waals surface area (Å²) in [5, 5.41) is 12.7. The summed E-state index contributed by atoms with van der Waals surface area (Å²) < 4.78 is 0. The molecule has 1 saturated carbocycles. The molecule has 2 fully saturated rings. The first-order valence-electron chi connectivity index (χ1n) is 7.60. The first-order chi connectivity index (χ1) is 10.2. The van der Waals surface area contributed by atoms with E-state index in [9.17, 15) is 9.59 Å². The molecule has 2 aliphatic rings. The fraction of sp³-hybridized carbons (Fsp3) is 0.714. The van der Waals surface area contributed by atoms with Gasteiger partial charge in [-0.1, -0.05) is 31.1 Å². The smallest absolute Gasteiger partial charge is 0.229 e. The summed E-state index contributed by atoms with van der Waals surface area (Å²) in [5.41, 5.74) is 0. The van der Waals surface area contributed by atoms with Gasteiger partial charge in [-0.3, -0.25) is 14.5 Å². The van der Waals surface area contributed by atoms with E-state index in [1.807, 2.05) is 6.92 Å². The number of carbonyl (C=O) groups excluding carboxylic acids is 2. The van der Waals surface area contributed by atoms with Crippen LogP contribution in [0.3, 0.4) is 0 Å². The molecule has 21 heavy (non-hydrogen) atoms. The van der Waals surface area contributed by atoms with Gasteiger partial charge in [-0.2, -0.15) is 0 Å². The van der Waals surface area contributed by atoms with E-state index < -0.39 is 0 Å². The predicted molar refractivity (Wildman–Crippen MR) is 80.1 cm³/mol. The molecule has 7 heteroatoms. The zero-order chi connectivity index (χ0) is 14.8. The molecule has 6 nitrogen and oxygen atoms in total. The molecule has 3 rings (SSSR count). The van der Waals surface area contributed by atoms with Crippen molar-refractivity contribution in [2.75, 3.05) is 11.4 Å². The predicted octanol–water partition coefficient (Wildman–Crippen LogP) is 1.51. The van der Waals surface area contributed by atoms with Gasteiger partial charge in [0, 0.05) is 19.0 Å². The van der Waals surface area contributed by atoms with Crippen LogP contribution in [0, 0.1) is 5.92 Å². The Bertz CT molecular complexity index is 539. The zero-order valence-corrected chi connectivity index (χ0v) is 13.0. The molecular weight excluding hydrogens is 288 g/mol. The highest BCUT2D eigenvalue weighted by molar-refractivity contribution is 7.15. The number of hydrogen-bond donors (Lipinski definition) is 1. The Morgan fingerprint density at radius 3 is 2.81 bits per heavy atom. The van der Waals surface area contributed by atoms with Crippen LogP contribution in [0.15, 0.2) is 0 Å². The van der Waals surface area contributed by atoms with Crippen LogP contribution in [0.1, 0.15) is 44.0 Å². The van der Waals surface area contributed by atoms with Crippen molar-refractivity contribution in [1.29, 1.82) is 0 Å². The molecule has 0 bridgehead atoms. The van der Waals surface area contributed by atoms with E-state index in [0.717, 1.165) is 24.3 Å². The standard InChI is InChI=1S/C14H20N4O2S/c1-2-11-16-17-14(21-11)18-8-9(7-12(18)19)13(20)15-10-5-3-4-6-10/h9-10H,2-8H2,1H3,(H,15,20). The van der Waals surface area contributed by atoms with Gasteiger partial charge in [-0.25, -0.2) is 0 Å². The average Bonchev–Trinajstić information content (AvgIpc) is 3.17. The van der Waals surface area contributed by atoms with E-state index in [2.05, 4.69) is 15.5 Å². The monoisotopic (exact) mass is 308 g/mol. The zero-order valence-electron chi connectivity index (χ0n) is 12.2. The molecule has 1 saturated heterocycles. The Balaban J connectivity index is 1.62. The van der Waals surface area contributed by atoms with Gasteiger partial charge in [0.15, 0.2) is 0 Å². The van der Waals surface area contributed by atoms with Crippen molar-refractivity contribution >= 4 is 28.3 Å². The fourth-order valence-corrected chi connectivity index (χ4v) is 3.76. The van der Waals surface area contributed by atoms with Crippen molar-refractivity contribution in [3.63, 3.8) is 0 Å². The minimum absolute atomic E-state index is 0.0120. The molecule has 1 unspecified atom stereocenters. The molecule has 1 aliphatic carbocycles. The lowest BCUT2D eigenvalue weighted by Gasteiger charge is -2.16. The number of rotatable bonds is 4. The summed E-state index contributed by atoms with van der Waals surface area (Å²) in [6, 6.07) is 0.301. The molecule has 1 atom stereocenters. The third-order valence-corrected chi connectivity index (χ3v) is 5.28. The van der Waals surface area contributed by atoms with Gasteiger partial charge < -0.3 is 5.32 Å². The molecule has 0 radical (unpaired) electrons. The van der Waals surface area contributed by atoms with Crippen molar-refractivity contribution in [2.45, 2.75) is 51.5 Å². The maximum atomic E-state index is 12.3. The van der Waals surface area contributed by atoms with E-state index in [4.69, 9.17) is 0 Å². The third kappa shape index (κ3) is 3.07. The van der Waals surface area contributed by atoms with E-state index in [1.54, 1.807) is 4.90 Å². The second kappa shape index (κ2) is 6.09. The molecule has 1 N–H and O–H groups in total. The summed E-state index contributed by atoms with van der Waals surface area (Å²) in [5.74, 6) is -0.273.